The van der Waals surface area contributed by atoms with Gasteiger partial charge in [-0.3, -0.25) is 9.78 Å². The summed E-state index contributed by atoms with van der Waals surface area (Å²) in [5.74, 6) is -0.0459. The Morgan fingerprint density at radius 3 is 2.82 bits per heavy atom. The lowest BCUT2D eigenvalue weighted by atomic mass is 10.0. The average molecular weight is 295 g/mol. The number of carbonyl (C=O) groups is 1. The first-order chi connectivity index (χ1) is 10.6. The molecule has 1 aliphatic rings. The van der Waals surface area contributed by atoms with Crippen molar-refractivity contribution in [3.05, 3.63) is 53.3 Å². The highest BCUT2D eigenvalue weighted by Crippen LogP contribution is 2.38. The summed E-state index contributed by atoms with van der Waals surface area (Å²) in [6.07, 6.45) is 4.40. The molecule has 0 saturated carbocycles. The van der Waals surface area contributed by atoms with Gasteiger partial charge in [0, 0.05) is 37.0 Å². The maximum absolute atomic E-state index is 12.6. The molecule has 0 fully saturated rings. The van der Waals surface area contributed by atoms with Crippen LogP contribution in [0.3, 0.4) is 0 Å². The van der Waals surface area contributed by atoms with Crippen molar-refractivity contribution < 1.29 is 4.79 Å². The van der Waals surface area contributed by atoms with Gasteiger partial charge in [-0.05, 0) is 37.7 Å². The molecule has 0 radical (unpaired) electrons. The predicted molar refractivity (Wildman–Crippen MR) is 88.0 cm³/mol. The second kappa shape index (κ2) is 5.89. The van der Waals surface area contributed by atoms with Crippen LogP contribution in [0.4, 0.5) is 0 Å². The van der Waals surface area contributed by atoms with Gasteiger partial charge in [-0.25, -0.2) is 0 Å². The molecule has 1 atom stereocenters. The first-order valence-corrected chi connectivity index (χ1v) is 7.57. The number of nitrogens with zero attached hydrogens (tertiary/aromatic N) is 2. The summed E-state index contributed by atoms with van der Waals surface area (Å²) >= 11 is 0. The van der Waals surface area contributed by atoms with Gasteiger partial charge in [0.2, 0.25) is 0 Å². The Hall–Kier alpha value is -2.20. The van der Waals surface area contributed by atoms with Crippen molar-refractivity contribution >= 4 is 5.91 Å². The Morgan fingerprint density at radius 2 is 2.05 bits per heavy atom. The molecule has 0 bridgehead atoms. The lowest BCUT2D eigenvalue weighted by Crippen LogP contribution is -2.39. The lowest BCUT2D eigenvalue weighted by Gasteiger charge is -2.19. The number of aromatic nitrogens is 1. The van der Waals surface area contributed by atoms with Crippen molar-refractivity contribution in [3.8, 4) is 11.1 Å². The molecule has 1 aromatic carbocycles. The topological polar surface area (TPSA) is 45.2 Å². The highest BCUT2D eigenvalue weighted by Gasteiger charge is 2.24. The van der Waals surface area contributed by atoms with E-state index < -0.39 is 0 Å². The fraction of sp³-hybridized carbons (Fsp3) is 0.333. The SMILES string of the molecule is CC(CN(C)C)NC(=O)c1cncc2c1-c1ccccc1C2. The molecule has 1 unspecified atom stereocenters. The molecule has 1 aromatic heterocycles. The number of rotatable bonds is 4. The van der Waals surface area contributed by atoms with E-state index in [4.69, 9.17) is 0 Å². The van der Waals surface area contributed by atoms with Gasteiger partial charge in [0.05, 0.1) is 5.56 Å². The molecule has 0 aliphatic heterocycles. The van der Waals surface area contributed by atoms with E-state index in [0.29, 0.717) is 5.56 Å². The first-order valence-electron chi connectivity index (χ1n) is 7.57. The number of likely N-dealkylation sites (N-methyl/N-ethyl adjacent to an activating group) is 1. The predicted octanol–water partition coefficient (Wildman–Crippen LogP) is 2.33. The summed E-state index contributed by atoms with van der Waals surface area (Å²) in [6.45, 7) is 2.83. The zero-order chi connectivity index (χ0) is 15.7. The Kier molecular flexibility index (Phi) is 3.94. The summed E-state index contributed by atoms with van der Waals surface area (Å²) in [4.78, 5) is 19.0. The zero-order valence-electron chi connectivity index (χ0n) is 13.3. The Labute approximate surface area is 131 Å². The Balaban J connectivity index is 1.91. The van der Waals surface area contributed by atoms with Crippen LogP contribution in [0.2, 0.25) is 0 Å². The number of nitrogens with one attached hydrogen (secondary N) is 1. The van der Waals surface area contributed by atoms with Crippen LogP contribution in [-0.4, -0.2) is 42.5 Å². The van der Waals surface area contributed by atoms with Crippen LogP contribution in [0.25, 0.3) is 11.1 Å². The van der Waals surface area contributed by atoms with E-state index in [9.17, 15) is 4.79 Å². The van der Waals surface area contributed by atoms with E-state index in [1.807, 2.05) is 39.3 Å². The third-order valence-corrected chi connectivity index (χ3v) is 3.95. The molecule has 1 amide bonds. The summed E-state index contributed by atoms with van der Waals surface area (Å²) in [6, 6.07) is 8.35. The van der Waals surface area contributed by atoms with Gasteiger partial charge in [-0.15, -0.1) is 0 Å². The highest BCUT2D eigenvalue weighted by atomic mass is 16.1. The van der Waals surface area contributed by atoms with Gasteiger partial charge < -0.3 is 10.2 Å². The molecule has 1 heterocycles. The second-order valence-electron chi connectivity index (χ2n) is 6.19. The number of hydrogen-bond acceptors (Lipinski definition) is 3. The quantitative estimate of drug-likeness (QED) is 0.803. The fourth-order valence-corrected chi connectivity index (χ4v) is 3.15. The van der Waals surface area contributed by atoms with Crippen LogP contribution in [0.15, 0.2) is 36.7 Å². The maximum Gasteiger partial charge on any atom is 0.253 e. The largest absolute Gasteiger partial charge is 0.348 e. The third-order valence-electron chi connectivity index (χ3n) is 3.95. The number of carbonyl (C=O) groups excluding carboxylic acids is 1. The number of benzene rings is 1. The van der Waals surface area contributed by atoms with Crippen LogP contribution in [0.1, 0.15) is 28.4 Å². The molecule has 0 saturated heterocycles. The van der Waals surface area contributed by atoms with Gasteiger partial charge in [0.25, 0.3) is 5.91 Å². The van der Waals surface area contributed by atoms with Crippen LogP contribution in [0, 0.1) is 0 Å². The standard InChI is InChI=1S/C18H21N3O/c1-12(11-21(2)3)20-18(22)16-10-19-9-14-8-13-6-4-5-7-15(13)17(14)16/h4-7,9-10,12H,8,11H2,1-3H3,(H,20,22). The second-order valence-corrected chi connectivity index (χ2v) is 6.19. The number of pyridine rings is 1. The Bertz CT molecular complexity index is 709. The van der Waals surface area contributed by atoms with E-state index in [1.54, 1.807) is 6.20 Å². The fourth-order valence-electron chi connectivity index (χ4n) is 3.15. The number of hydrogen-bond donors (Lipinski definition) is 1. The minimum Gasteiger partial charge on any atom is -0.348 e. The maximum atomic E-state index is 12.6. The molecule has 4 heteroatoms. The normalized spacial score (nSPS) is 13.6. The molecule has 4 nitrogen and oxygen atoms in total. The van der Waals surface area contributed by atoms with Crippen molar-refractivity contribution in [2.45, 2.75) is 19.4 Å². The van der Waals surface area contributed by atoms with Crippen LogP contribution in [0.5, 0.6) is 0 Å². The summed E-state index contributed by atoms with van der Waals surface area (Å²) in [7, 11) is 4.00. The molecule has 22 heavy (non-hydrogen) atoms. The summed E-state index contributed by atoms with van der Waals surface area (Å²) < 4.78 is 0. The molecule has 1 aliphatic carbocycles. The zero-order valence-corrected chi connectivity index (χ0v) is 13.3. The average Bonchev–Trinajstić information content (AvgIpc) is 2.84. The molecular weight excluding hydrogens is 274 g/mol. The van der Waals surface area contributed by atoms with Crippen LogP contribution in [-0.2, 0) is 6.42 Å². The van der Waals surface area contributed by atoms with E-state index in [0.717, 1.165) is 29.7 Å². The minimum atomic E-state index is -0.0459. The molecule has 114 valence electrons. The van der Waals surface area contributed by atoms with Crippen LogP contribution >= 0.6 is 0 Å². The minimum absolute atomic E-state index is 0.0459. The van der Waals surface area contributed by atoms with Crippen molar-refractivity contribution in [1.82, 2.24) is 15.2 Å². The van der Waals surface area contributed by atoms with Gasteiger partial charge in [-0.1, -0.05) is 24.3 Å². The third kappa shape index (κ3) is 2.74. The molecule has 3 rings (SSSR count). The van der Waals surface area contributed by atoms with E-state index in [-0.39, 0.29) is 11.9 Å². The highest BCUT2D eigenvalue weighted by molar-refractivity contribution is 6.02. The van der Waals surface area contributed by atoms with Crippen LogP contribution < -0.4 is 5.32 Å². The van der Waals surface area contributed by atoms with Gasteiger partial charge >= 0.3 is 0 Å². The molecule has 0 spiro atoms. The Morgan fingerprint density at radius 1 is 1.27 bits per heavy atom. The van der Waals surface area contributed by atoms with Gasteiger partial charge in [-0.2, -0.15) is 0 Å². The first kappa shape index (κ1) is 14.7. The monoisotopic (exact) mass is 295 g/mol. The van der Waals surface area contributed by atoms with Crippen molar-refractivity contribution in [1.29, 1.82) is 0 Å². The lowest BCUT2D eigenvalue weighted by molar-refractivity contribution is 0.0934. The number of amides is 1. The number of fused-ring (bicyclic) bond motifs is 3. The molecule has 2 aromatic rings. The van der Waals surface area contributed by atoms with E-state index in [2.05, 4.69) is 27.3 Å². The van der Waals surface area contributed by atoms with Gasteiger partial charge in [0.15, 0.2) is 0 Å². The molecule has 1 N–H and O–H groups in total. The van der Waals surface area contributed by atoms with Crippen molar-refractivity contribution in [3.63, 3.8) is 0 Å². The van der Waals surface area contributed by atoms with Gasteiger partial charge in [0.1, 0.15) is 0 Å². The molecular formula is C18H21N3O. The van der Waals surface area contributed by atoms with E-state index in [1.165, 1.54) is 5.56 Å². The summed E-state index contributed by atoms with van der Waals surface area (Å²) in [5.41, 5.74) is 5.27. The van der Waals surface area contributed by atoms with Crippen molar-refractivity contribution in [2.75, 3.05) is 20.6 Å². The van der Waals surface area contributed by atoms with E-state index >= 15 is 0 Å². The van der Waals surface area contributed by atoms with Crippen molar-refractivity contribution in [2.24, 2.45) is 0 Å². The summed E-state index contributed by atoms with van der Waals surface area (Å²) in [5, 5.41) is 3.07. The smallest absolute Gasteiger partial charge is 0.253 e.